The summed E-state index contributed by atoms with van der Waals surface area (Å²) in [5, 5.41) is 1.37. The number of fused-ring (bicyclic) bond motifs is 1. The standard InChI is InChI=1S/C21H24ClN3OS.ClH/c1-4-15-6-11-18-19(14-15)27-21(23-18)25(13-5-12-24(2)3)20(26)16-7-9-17(22)10-8-16;/h6-11,14H,4-5,12-13H2,1-3H3;1H. The molecule has 0 saturated heterocycles. The predicted octanol–water partition coefficient (Wildman–Crippen LogP) is 5.53. The van der Waals surface area contributed by atoms with E-state index in [1.54, 1.807) is 40.5 Å². The second-order valence-corrected chi connectivity index (χ2v) is 8.22. The lowest BCUT2D eigenvalue weighted by Crippen LogP contribution is -2.33. The van der Waals surface area contributed by atoms with Crippen LogP contribution < -0.4 is 4.90 Å². The number of anilines is 1. The topological polar surface area (TPSA) is 36.4 Å². The molecule has 28 heavy (non-hydrogen) atoms. The minimum Gasteiger partial charge on any atom is -0.309 e. The van der Waals surface area contributed by atoms with Crippen molar-refractivity contribution in [3.05, 3.63) is 58.6 Å². The maximum Gasteiger partial charge on any atom is 0.260 e. The summed E-state index contributed by atoms with van der Waals surface area (Å²) in [7, 11) is 4.07. The molecular weight excluding hydrogens is 413 g/mol. The van der Waals surface area contributed by atoms with Gasteiger partial charge in [-0.05, 0) is 75.4 Å². The smallest absolute Gasteiger partial charge is 0.260 e. The molecule has 1 heterocycles. The van der Waals surface area contributed by atoms with Crippen LogP contribution in [0.4, 0.5) is 5.13 Å². The van der Waals surface area contributed by atoms with E-state index < -0.39 is 0 Å². The van der Waals surface area contributed by atoms with Gasteiger partial charge >= 0.3 is 0 Å². The summed E-state index contributed by atoms with van der Waals surface area (Å²) in [6, 6.07) is 13.3. The first-order valence-electron chi connectivity index (χ1n) is 9.09. The summed E-state index contributed by atoms with van der Waals surface area (Å²) in [5.41, 5.74) is 2.84. The van der Waals surface area contributed by atoms with Gasteiger partial charge in [-0.15, -0.1) is 12.4 Å². The maximum atomic E-state index is 13.2. The van der Waals surface area contributed by atoms with E-state index in [0.29, 0.717) is 17.1 Å². The molecule has 0 fully saturated rings. The fraction of sp³-hybridized carbons (Fsp3) is 0.333. The highest BCUT2D eigenvalue weighted by molar-refractivity contribution is 7.22. The van der Waals surface area contributed by atoms with Gasteiger partial charge < -0.3 is 4.90 Å². The molecule has 0 radical (unpaired) electrons. The summed E-state index contributed by atoms with van der Waals surface area (Å²) in [4.78, 5) is 21.8. The fourth-order valence-corrected chi connectivity index (χ4v) is 4.05. The summed E-state index contributed by atoms with van der Waals surface area (Å²) in [5.74, 6) is -0.0415. The van der Waals surface area contributed by atoms with Crippen LogP contribution in [0.1, 0.15) is 29.3 Å². The molecule has 1 aromatic heterocycles. The zero-order valence-corrected chi connectivity index (χ0v) is 18.7. The van der Waals surface area contributed by atoms with Gasteiger partial charge in [0.05, 0.1) is 10.2 Å². The number of aromatic nitrogens is 1. The summed E-state index contributed by atoms with van der Waals surface area (Å²) < 4.78 is 1.12. The second kappa shape index (κ2) is 10.2. The summed E-state index contributed by atoms with van der Waals surface area (Å²) >= 11 is 7.55. The Kier molecular flexibility index (Phi) is 8.25. The van der Waals surface area contributed by atoms with E-state index in [2.05, 4.69) is 24.0 Å². The van der Waals surface area contributed by atoms with Crippen molar-refractivity contribution >= 4 is 56.6 Å². The third-order valence-electron chi connectivity index (χ3n) is 4.40. The number of amides is 1. The first-order chi connectivity index (χ1) is 13.0. The zero-order valence-electron chi connectivity index (χ0n) is 16.3. The van der Waals surface area contributed by atoms with Gasteiger partial charge in [-0.2, -0.15) is 0 Å². The fourth-order valence-electron chi connectivity index (χ4n) is 2.87. The Balaban J connectivity index is 0.00000280. The van der Waals surface area contributed by atoms with E-state index in [-0.39, 0.29) is 18.3 Å². The largest absolute Gasteiger partial charge is 0.309 e. The molecule has 0 aliphatic heterocycles. The SMILES string of the molecule is CCc1ccc2nc(N(CCCN(C)C)C(=O)c3ccc(Cl)cc3)sc2c1.Cl. The average molecular weight is 438 g/mol. The van der Waals surface area contributed by atoms with Crippen molar-refractivity contribution in [2.75, 3.05) is 32.1 Å². The number of carbonyl (C=O) groups is 1. The van der Waals surface area contributed by atoms with E-state index in [1.165, 1.54) is 5.56 Å². The number of hydrogen-bond donors (Lipinski definition) is 0. The van der Waals surface area contributed by atoms with E-state index in [1.807, 2.05) is 20.2 Å². The van der Waals surface area contributed by atoms with E-state index in [9.17, 15) is 4.79 Å². The first kappa shape index (κ1) is 22.6. The molecule has 150 valence electrons. The molecule has 0 atom stereocenters. The summed E-state index contributed by atoms with van der Waals surface area (Å²) in [6.07, 6.45) is 1.86. The third kappa shape index (κ3) is 5.45. The van der Waals surface area contributed by atoms with Gasteiger partial charge in [0.15, 0.2) is 5.13 Å². The van der Waals surface area contributed by atoms with E-state index >= 15 is 0 Å². The number of carbonyl (C=O) groups excluding carboxylic acids is 1. The van der Waals surface area contributed by atoms with Crippen molar-refractivity contribution in [2.24, 2.45) is 0 Å². The molecule has 0 N–H and O–H groups in total. The van der Waals surface area contributed by atoms with Crippen LogP contribution in [0.15, 0.2) is 42.5 Å². The van der Waals surface area contributed by atoms with E-state index in [4.69, 9.17) is 16.6 Å². The van der Waals surface area contributed by atoms with Gasteiger partial charge in [-0.25, -0.2) is 4.98 Å². The van der Waals surface area contributed by atoms with Crippen LogP contribution in [0.3, 0.4) is 0 Å². The van der Waals surface area contributed by atoms with Gasteiger partial charge in [-0.3, -0.25) is 9.69 Å². The number of hydrogen-bond acceptors (Lipinski definition) is 4. The van der Waals surface area contributed by atoms with Crippen LogP contribution in [0.5, 0.6) is 0 Å². The summed E-state index contributed by atoms with van der Waals surface area (Å²) in [6.45, 7) is 3.68. The van der Waals surface area contributed by atoms with Crippen molar-refractivity contribution in [1.82, 2.24) is 9.88 Å². The number of rotatable bonds is 7. The Labute approximate surface area is 181 Å². The van der Waals surface area contributed by atoms with Crippen LogP contribution in [0, 0.1) is 0 Å². The monoisotopic (exact) mass is 437 g/mol. The molecule has 0 aliphatic carbocycles. The first-order valence-corrected chi connectivity index (χ1v) is 10.3. The Morgan fingerprint density at radius 2 is 1.82 bits per heavy atom. The van der Waals surface area contributed by atoms with Crippen molar-refractivity contribution in [3.8, 4) is 0 Å². The second-order valence-electron chi connectivity index (χ2n) is 6.77. The van der Waals surface area contributed by atoms with Crippen LogP contribution in [0.2, 0.25) is 5.02 Å². The number of aryl methyl sites for hydroxylation is 1. The zero-order chi connectivity index (χ0) is 19.4. The Hall–Kier alpha value is -1.66. The molecule has 7 heteroatoms. The van der Waals surface area contributed by atoms with Gasteiger partial charge in [-0.1, -0.05) is 35.9 Å². The van der Waals surface area contributed by atoms with Gasteiger partial charge in [0, 0.05) is 17.1 Å². The van der Waals surface area contributed by atoms with Gasteiger partial charge in [0.1, 0.15) is 0 Å². The molecule has 1 amide bonds. The normalized spacial score (nSPS) is 10.9. The van der Waals surface area contributed by atoms with Crippen LogP contribution >= 0.6 is 35.3 Å². The lowest BCUT2D eigenvalue weighted by molar-refractivity contribution is 0.0986. The minimum absolute atomic E-state index is 0. The molecule has 0 unspecified atom stereocenters. The van der Waals surface area contributed by atoms with Crippen molar-refractivity contribution < 1.29 is 4.79 Å². The molecule has 2 aromatic carbocycles. The quantitative estimate of drug-likeness (QED) is 0.487. The Bertz CT molecular complexity index is 925. The van der Waals surface area contributed by atoms with Crippen molar-refractivity contribution in [1.29, 1.82) is 0 Å². The highest BCUT2D eigenvalue weighted by atomic mass is 35.5. The average Bonchev–Trinajstić information content (AvgIpc) is 3.07. The van der Waals surface area contributed by atoms with Gasteiger partial charge in [0.25, 0.3) is 5.91 Å². The van der Waals surface area contributed by atoms with Crippen LogP contribution in [-0.4, -0.2) is 43.0 Å². The molecule has 4 nitrogen and oxygen atoms in total. The molecular formula is C21H25Cl2N3OS. The van der Waals surface area contributed by atoms with Crippen LogP contribution in [-0.2, 0) is 6.42 Å². The number of thiazole rings is 1. The van der Waals surface area contributed by atoms with Gasteiger partial charge in [0.2, 0.25) is 0 Å². The molecule has 0 aliphatic rings. The highest BCUT2D eigenvalue weighted by Crippen LogP contribution is 2.31. The van der Waals surface area contributed by atoms with E-state index in [0.717, 1.165) is 34.7 Å². The highest BCUT2D eigenvalue weighted by Gasteiger charge is 2.21. The van der Waals surface area contributed by atoms with Crippen molar-refractivity contribution in [2.45, 2.75) is 19.8 Å². The Morgan fingerprint density at radius 3 is 2.46 bits per heavy atom. The molecule has 0 bridgehead atoms. The number of benzene rings is 2. The third-order valence-corrected chi connectivity index (χ3v) is 5.70. The molecule has 0 spiro atoms. The number of halogens is 2. The van der Waals surface area contributed by atoms with Crippen LogP contribution in [0.25, 0.3) is 10.2 Å². The number of nitrogens with zero attached hydrogens (tertiary/aromatic N) is 3. The Morgan fingerprint density at radius 1 is 1.11 bits per heavy atom. The maximum absolute atomic E-state index is 13.2. The minimum atomic E-state index is -0.0415. The molecule has 3 aromatic rings. The van der Waals surface area contributed by atoms with Crippen molar-refractivity contribution in [3.63, 3.8) is 0 Å². The molecule has 0 saturated carbocycles. The lowest BCUT2D eigenvalue weighted by Gasteiger charge is -2.21. The molecule has 3 rings (SSSR count). The lowest BCUT2D eigenvalue weighted by atomic mass is 10.2. The predicted molar refractivity (Wildman–Crippen MR) is 123 cm³/mol.